The van der Waals surface area contributed by atoms with Crippen LogP contribution in [0.3, 0.4) is 0 Å². The zero-order chi connectivity index (χ0) is 18.1. The fourth-order valence-corrected chi connectivity index (χ4v) is 4.07. The number of phenolic OH excluding ortho intramolecular Hbond substituents is 1. The van der Waals surface area contributed by atoms with Crippen molar-refractivity contribution >= 4 is 21.7 Å². The van der Waals surface area contributed by atoms with Gasteiger partial charge in [-0.2, -0.15) is 0 Å². The molecule has 1 saturated heterocycles. The molecule has 1 aliphatic rings. The number of fused-ring (bicyclic) bond motifs is 3. The van der Waals surface area contributed by atoms with Gasteiger partial charge in [-0.15, -0.1) is 0 Å². The van der Waals surface area contributed by atoms with Crippen molar-refractivity contribution in [3.8, 4) is 5.75 Å². The maximum Gasteiger partial charge on any atom is 0.344 e. The number of likely N-dealkylation sites (tertiary alicyclic amines) is 1. The van der Waals surface area contributed by atoms with Gasteiger partial charge in [0.1, 0.15) is 11.3 Å². The lowest BCUT2D eigenvalue weighted by Crippen LogP contribution is -2.24. The summed E-state index contributed by atoms with van der Waals surface area (Å²) in [5.41, 5.74) is 1.85. The standard InChI is InChI=1S/C22H25NO3/c1-2-15-13-18-16-9-5-6-10-17(16)22(25)26-21(18)19(20(15)24)14-23-11-7-3-4-8-12-23/h5-6,9-10,13,24H,2-4,7-8,11-12,14H2,1H3. The summed E-state index contributed by atoms with van der Waals surface area (Å²) in [5, 5.41) is 13.3. The highest BCUT2D eigenvalue weighted by molar-refractivity contribution is 6.06. The molecule has 1 aromatic heterocycles. The molecule has 4 rings (SSSR count). The van der Waals surface area contributed by atoms with Gasteiger partial charge in [0.05, 0.1) is 10.9 Å². The summed E-state index contributed by atoms with van der Waals surface area (Å²) >= 11 is 0. The van der Waals surface area contributed by atoms with Crippen LogP contribution in [0.2, 0.25) is 0 Å². The molecular formula is C22H25NO3. The SMILES string of the molecule is CCc1cc2c(oc(=O)c3ccccc32)c(CN2CCCCCC2)c1O. The van der Waals surface area contributed by atoms with Gasteiger partial charge >= 0.3 is 5.63 Å². The summed E-state index contributed by atoms with van der Waals surface area (Å²) in [4.78, 5) is 14.9. The molecule has 2 aromatic carbocycles. The number of aromatic hydroxyl groups is 1. The molecule has 1 aliphatic heterocycles. The van der Waals surface area contributed by atoms with E-state index in [9.17, 15) is 9.90 Å². The third-order valence-electron chi connectivity index (χ3n) is 5.52. The number of aryl methyl sites for hydroxylation is 1. The van der Waals surface area contributed by atoms with Gasteiger partial charge in [-0.25, -0.2) is 4.79 Å². The normalized spacial score (nSPS) is 16.2. The summed E-state index contributed by atoms with van der Waals surface area (Å²) in [7, 11) is 0. The van der Waals surface area contributed by atoms with E-state index >= 15 is 0 Å². The Morgan fingerprint density at radius 2 is 1.73 bits per heavy atom. The first kappa shape index (κ1) is 17.1. The van der Waals surface area contributed by atoms with Gasteiger partial charge in [0.2, 0.25) is 0 Å². The molecular weight excluding hydrogens is 326 g/mol. The molecule has 1 fully saturated rings. The fourth-order valence-electron chi connectivity index (χ4n) is 4.07. The summed E-state index contributed by atoms with van der Waals surface area (Å²) in [5.74, 6) is 0.280. The lowest BCUT2D eigenvalue weighted by atomic mass is 9.98. The third kappa shape index (κ3) is 2.99. The summed E-state index contributed by atoms with van der Waals surface area (Å²) in [6.07, 6.45) is 5.62. The highest BCUT2D eigenvalue weighted by Crippen LogP contribution is 2.35. The second kappa shape index (κ2) is 7.12. The average molecular weight is 351 g/mol. The van der Waals surface area contributed by atoms with Crippen molar-refractivity contribution < 1.29 is 9.52 Å². The van der Waals surface area contributed by atoms with Crippen LogP contribution in [0.15, 0.2) is 39.5 Å². The van der Waals surface area contributed by atoms with Crippen LogP contribution in [-0.2, 0) is 13.0 Å². The molecule has 0 saturated carbocycles. The molecule has 1 N–H and O–H groups in total. The van der Waals surface area contributed by atoms with Crippen molar-refractivity contribution in [1.29, 1.82) is 0 Å². The predicted octanol–water partition coefficient (Wildman–Crippen LogP) is 4.59. The van der Waals surface area contributed by atoms with Crippen LogP contribution in [0.25, 0.3) is 21.7 Å². The Bertz CT molecular complexity index is 998. The van der Waals surface area contributed by atoms with Crippen molar-refractivity contribution in [2.24, 2.45) is 0 Å². The van der Waals surface area contributed by atoms with Gasteiger partial charge in [0.15, 0.2) is 0 Å². The molecule has 136 valence electrons. The van der Waals surface area contributed by atoms with E-state index in [0.29, 0.717) is 17.5 Å². The first-order valence-corrected chi connectivity index (χ1v) is 9.60. The summed E-state index contributed by atoms with van der Waals surface area (Å²) < 4.78 is 5.72. The van der Waals surface area contributed by atoms with E-state index in [2.05, 4.69) is 4.90 Å². The smallest absolute Gasteiger partial charge is 0.344 e. The molecule has 0 spiro atoms. The van der Waals surface area contributed by atoms with Crippen LogP contribution >= 0.6 is 0 Å². The summed E-state index contributed by atoms with van der Waals surface area (Å²) in [6, 6.07) is 9.52. The maximum atomic E-state index is 12.5. The molecule has 26 heavy (non-hydrogen) atoms. The van der Waals surface area contributed by atoms with Gasteiger partial charge in [-0.3, -0.25) is 4.90 Å². The van der Waals surface area contributed by atoms with Crippen molar-refractivity contribution in [2.45, 2.75) is 45.6 Å². The van der Waals surface area contributed by atoms with Crippen molar-refractivity contribution in [2.75, 3.05) is 13.1 Å². The van der Waals surface area contributed by atoms with E-state index < -0.39 is 0 Å². The molecule has 0 atom stereocenters. The number of rotatable bonds is 3. The summed E-state index contributed by atoms with van der Waals surface area (Å²) in [6.45, 7) is 4.71. The average Bonchev–Trinajstić information content (AvgIpc) is 2.93. The first-order chi connectivity index (χ1) is 12.7. The second-order valence-electron chi connectivity index (χ2n) is 7.22. The molecule has 0 aliphatic carbocycles. The van der Waals surface area contributed by atoms with Gasteiger partial charge in [0.25, 0.3) is 0 Å². The van der Waals surface area contributed by atoms with Crippen LogP contribution in [0.4, 0.5) is 0 Å². The van der Waals surface area contributed by atoms with Gasteiger partial charge < -0.3 is 9.52 Å². The molecule has 0 radical (unpaired) electrons. The molecule has 3 aromatic rings. The first-order valence-electron chi connectivity index (χ1n) is 9.60. The Kier molecular flexibility index (Phi) is 4.68. The van der Waals surface area contributed by atoms with Crippen LogP contribution in [0.1, 0.15) is 43.7 Å². The van der Waals surface area contributed by atoms with Gasteiger partial charge in [0, 0.05) is 11.9 Å². The van der Waals surface area contributed by atoms with E-state index in [1.54, 1.807) is 6.07 Å². The molecule has 4 heteroatoms. The number of phenols is 1. The molecule has 0 unspecified atom stereocenters. The van der Waals surface area contributed by atoms with Crippen LogP contribution < -0.4 is 5.63 Å². The monoisotopic (exact) mass is 351 g/mol. The van der Waals surface area contributed by atoms with Crippen molar-refractivity contribution in [1.82, 2.24) is 4.90 Å². The van der Waals surface area contributed by atoms with Crippen molar-refractivity contribution in [3.05, 3.63) is 51.9 Å². The minimum absolute atomic E-state index is 0.280. The van der Waals surface area contributed by atoms with E-state index in [1.807, 2.05) is 31.2 Å². The van der Waals surface area contributed by atoms with E-state index in [4.69, 9.17) is 4.42 Å². The Hall–Kier alpha value is -2.33. The molecule has 4 nitrogen and oxygen atoms in total. The minimum atomic E-state index is -0.339. The van der Waals surface area contributed by atoms with Crippen LogP contribution in [-0.4, -0.2) is 23.1 Å². The van der Waals surface area contributed by atoms with Gasteiger partial charge in [-0.05, 0) is 55.4 Å². The highest BCUT2D eigenvalue weighted by atomic mass is 16.4. The van der Waals surface area contributed by atoms with Crippen LogP contribution in [0.5, 0.6) is 5.75 Å². The topological polar surface area (TPSA) is 53.7 Å². The highest BCUT2D eigenvalue weighted by Gasteiger charge is 2.20. The predicted molar refractivity (Wildman–Crippen MR) is 105 cm³/mol. The lowest BCUT2D eigenvalue weighted by Gasteiger charge is -2.22. The largest absolute Gasteiger partial charge is 0.507 e. The molecule has 2 heterocycles. The number of hydrogen-bond acceptors (Lipinski definition) is 4. The van der Waals surface area contributed by atoms with E-state index in [0.717, 1.165) is 41.4 Å². The van der Waals surface area contributed by atoms with Crippen LogP contribution in [0, 0.1) is 0 Å². The quantitative estimate of drug-likeness (QED) is 0.554. The number of hydrogen-bond donors (Lipinski definition) is 1. The zero-order valence-corrected chi connectivity index (χ0v) is 15.3. The fraction of sp³-hybridized carbons (Fsp3) is 0.409. The Morgan fingerprint density at radius 1 is 1.04 bits per heavy atom. The maximum absolute atomic E-state index is 12.5. The van der Waals surface area contributed by atoms with E-state index in [-0.39, 0.29) is 11.4 Å². The van der Waals surface area contributed by atoms with Crippen molar-refractivity contribution in [3.63, 3.8) is 0 Å². The van der Waals surface area contributed by atoms with E-state index in [1.165, 1.54) is 25.7 Å². The Labute approximate surface area is 153 Å². The second-order valence-corrected chi connectivity index (χ2v) is 7.22. The molecule has 0 amide bonds. The lowest BCUT2D eigenvalue weighted by molar-refractivity contribution is 0.272. The minimum Gasteiger partial charge on any atom is -0.507 e. The Balaban J connectivity index is 1.94. The zero-order valence-electron chi connectivity index (χ0n) is 15.3. The number of nitrogens with zero attached hydrogens (tertiary/aromatic N) is 1. The Morgan fingerprint density at radius 3 is 2.42 bits per heavy atom. The third-order valence-corrected chi connectivity index (χ3v) is 5.52. The number of benzene rings is 2. The molecule has 0 bridgehead atoms. The van der Waals surface area contributed by atoms with Gasteiger partial charge in [-0.1, -0.05) is 38.0 Å².